The number of carbonyl (C=O) groups is 1. The summed E-state index contributed by atoms with van der Waals surface area (Å²) in [7, 11) is 3.22. The van der Waals surface area contributed by atoms with E-state index in [1.807, 2.05) is 6.92 Å². The normalized spacial score (nSPS) is 12.5. The van der Waals surface area contributed by atoms with Crippen LogP contribution in [0.25, 0.3) is 0 Å². The fraction of sp³-hybridized carbons (Fsp3) is 0.900. The number of nitrogens with zero attached hydrogens (tertiary/aromatic N) is 1. The molecule has 0 bridgehead atoms. The minimum absolute atomic E-state index is 0.0356. The first-order chi connectivity index (χ1) is 7.17. The molecule has 0 heterocycles. The quantitative estimate of drug-likeness (QED) is 0.615. The van der Waals surface area contributed by atoms with Crippen molar-refractivity contribution in [2.24, 2.45) is 5.73 Å². The highest BCUT2D eigenvalue weighted by atomic mass is 16.5. The van der Waals surface area contributed by atoms with Crippen molar-refractivity contribution in [1.82, 2.24) is 4.90 Å². The lowest BCUT2D eigenvalue weighted by Crippen LogP contribution is -2.46. The van der Waals surface area contributed by atoms with Crippen molar-refractivity contribution < 1.29 is 14.3 Å². The van der Waals surface area contributed by atoms with Crippen LogP contribution in [0.4, 0.5) is 0 Å². The average molecular weight is 218 g/mol. The summed E-state index contributed by atoms with van der Waals surface area (Å²) < 4.78 is 9.88. The van der Waals surface area contributed by atoms with Crippen molar-refractivity contribution in [1.29, 1.82) is 0 Å². The molecule has 5 nitrogen and oxygen atoms in total. The van der Waals surface area contributed by atoms with Gasteiger partial charge in [-0.15, -0.1) is 0 Å². The second-order valence-corrected chi connectivity index (χ2v) is 3.33. The van der Waals surface area contributed by atoms with E-state index in [9.17, 15) is 4.79 Å². The molecule has 0 unspecified atom stereocenters. The molecule has 0 aromatic rings. The predicted molar refractivity (Wildman–Crippen MR) is 58.6 cm³/mol. The lowest BCUT2D eigenvalue weighted by molar-refractivity contribution is -0.133. The third-order valence-corrected chi connectivity index (χ3v) is 2.20. The molecule has 90 valence electrons. The van der Waals surface area contributed by atoms with E-state index in [-0.39, 0.29) is 5.91 Å². The molecule has 1 amide bonds. The number of nitrogens with two attached hydrogens (primary N) is 1. The molecule has 0 rings (SSSR count). The number of hydrogen-bond donors (Lipinski definition) is 1. The van der Waals surface area contributed by atoms with Crippen molar-refractivity contribution in [3.05, 3.63) is 0 Å². The summed E-state index contributed by atoms with van der Waals surface area (Å²) in [6.07, 6.45) is 0.648. The second kappa shape index (κ2) is 8.64. The molecule has 0 saturated carbocycles. The third-order valence-electron chi connectivity index (χ3n) is 2.20. The molecule has 0 fully saturated rings. The minimum Gasteiger partial charge on any atom is -0.383 e. The molecule has 0 aromatic carbocycles. The zero-order valence-electron chi connectivity index (χ0n) is 9.86. The zero-order valence-corrected chi connectivity index (χ0v) is 9.86. The van der Waals surface area contributed by atoms with Gasteiger partial charge in [-0.1, -0.05) is 6.92 Å². The molecular formula is C10H22N2O3. The maximum atomic E-state index is 11.8. The van der Waals surface area contributed by atoms with Gasteiger partial charge >= 0.3 is 0 Å². The standard InChI is InChI=1S/C10H22N2O3/c1-4-9(11)10(13)12(5-7-14-2)6-8-15-3/h9H,4-8,11H2,1-3H3/t9-/m0/s1. The van der Waals surface area contributed by atoms with E-state index < -0.39 is 6.04 Å². The van der Waals surface area contributed by atoms with E-state index in [0.29, 0.717) is 32.7 Å². The molecule has 0 spiro atoms. The average Bonchev–Trinajstić information content (AvgIpc) is 2.27. The second-order valence-electron chi connectivity index (χ2n) is 3.33. The number of rotatable bonds is 8. The monoisotopic (exact) mass is 218 g/mol. The van der Waals surface area contributed by atoms with Gasteiger partial charge in [0, 0.05) is 27.3 Å². The Kier molecular flexibility index (Phi) is 8.27. The smallest absolute Gasteiger partial charge is 0.239 e. The Morgan fingerprint density at radius 1 is 1.27 bits per heavy atom. The fourth-order valence-corrected chi connectivity index (χ4v) is 1.14. The maximum Gasteiger partial charge on any atom is 0.239 e. The van der Waals surface area contributed by atoms with Gasteiger partial charge in [-0.25, -0.2) is 0 Å². The van der Waals surface area contributed by atoms with Crippen LogP contribution < -0.4 is 5.73 Å². The minimum atomic E-state index is -0.418. The van der Waals surface area contributed by atoms with E-state index >= 15 is 0 Å². The maximum absolute atomic E-state index is 11.8. The van der Waals surface area contributed by atoms with Crippen LogP contribution in [0, 0.1) is 0 Å². The van der Waals surface area contributed by atoms with Crippen LogP contribution in [0.2, 0.25) is 0 Å². The lowest BCUT2D eigenvalue weighted by Gasteiger charge is -2.24. The molecule has 5 heteroatoms. The molecule has 0 radical (unpaired) electrons. The van der Waals surface area contributed by atoms with Crippen molar-refractivity contribution in [2.75, 3.05) is 40.5 Å². The van der Waals surface area contributed by atoms with E-state index in [4.69, 9.17) is 15.2 Å². The molecular weight excluding hydrogens is 196 g/mol. The molecule has 0 aromatic heterocycles. The largest absolute Gasteiger partial charge is 0.383 e. The molecule has 0 aliphatic carbocycles. The van der Waals surface area contributed by atoms with Gasteiger partial charge in [-0.05, 0) is 6.42 Å². The van der Waals surface area contributed by atoms with Gasteiger partial charge < -0.3 is 20.1 Å². The van der Waals surface area contributed by atoms with Crippen molar-refractivity contribution in [2.45, 2.75) is 19.4 Å². The summed E-state index contributed by atoms with van der Waals surface area (Å²) in [5.41, 5.74) is 5.69. The van der Waals surface area contributed by atoms with Crippen LogP contribution in [-0.2, 0) is 14.3 Å². The van der Waals surface area contributed by atoms with Crippen molar-refractivity contribution in [3.8, 4) is 0 Å². The van der Waals surface area contributed by atoms with Crippen LogP contribution in [0.5, 0.6) is 0 Å². The van der Waals surface area contributed by atoms with Crippen LogP contribution >= 0.6 is 0 Å². The van der Waals surface area contributed by atoms with Gasteiger partial charge in [0.25, 0.3) is 0 Å². The summed E-state index contributed by atoms with van der Waals surface area (Å²) in [5, 5.41) is 0. The number of ether oxygens (including phenoxy) is 2. The number of hydrogen-bond acceptors (Lipinski definition) is 4. The molecule has 0 saturated heterocycles. The Morgan fingerprint density at radius 2 is 1.73 bits per heavy atom. The zero-order chi connectivity index (χ0) is 11.7. The highest BCUT2D eigenvalue weighted by molar-refractivity contribution is 5.81. The van der Waals surface area contributed by atoms with Crippen LogP contribution in [0.3, 0.4) is 0 Å². The summed E-state index contributed by atoms with van der Waals surface area (Å²) >= 11 is 0. The van der Waals surface area contributed by atoms with Gasteiger partial charge in [0.1, 0.15) is 0 Å². The SMILES string of the molecule is CC[C@H](N)C(=O)N(CCOC)CCOC. The third kappa shape index (κ3) is 5.71. The molecule has 2 N–H and O–H groups in total. The van der Waals surface area contributed by atoms with Crippen LogP contribution in [0.1, 0.15) is 13.3 Å². The highest BCUT2D eigenvalue weighted by Gasteiger charge is 2.18. The Hall–Kier alpha value is -0.650. The topological polar surface area (TPSA) is 64.8 Å². The van der Waals surface area contributed by atoms with Crippen LogP contribution in [0.15, 0.2) is 0 Å². The summed E-state index contributed by atoms with van der Waals surface area (Å²) in [4.78, 5) is 13.5. The van der Waals surface area contributed by atoms with E-state index in [2.05, 4.69) is 0 Å². The first kappa shape index (κ1) is 14.3. The van der Waals surface area contributed by atoms with Crippen molar-refractivity contribution in [3.63, 3.8) is 0 Å². The van der Waals surface area contributed by atoms with Gasteiger partial charge in [0.2, 0.25) is 5.91 Å². The Morgan fingerprint density at radius 3 is 2.07 bits per heavy atom. The molecule has 0 aliphatic rings. The molecule has 15 heavy (non-hydrogen) atoms. The van der Waals surface area contributed by atoms with E-state index in [1.54, 1.807) is 19.1 Å². The Balaban J connectivity index is 4.13. The van der Waals surface area contributed by atoms with Crippen molar-refractivity contribution >= 4 is 5.91 Å². The molecule has 1 atom stereocenters. The van der Waals surface area contributed by atoms with Gasteiger partial charge in [-0.2, -0.15) is 0 Å². The van der Waals surface area contributed by atoms with Gasteiger partial charge in [0.15, 0.2) is 0 Å². The number of carbonyl (C=O) groups excluding carboxylic acids is 1. The van der Waals surface area contributed by atoms with Crippen LogP contribution in [-0.4, -0.2) is 57.4 Å². The highest BCUT2D eigenvalue weighted by Crippen LogP contribution is 1.97. The Labute approximate surface area is 91.5 Å². The van der Waals surface area contributed by atoms with E-state index in [1.165, 1.54) is 0 Å². The first-order valence-electron chi connectivity index (χ1n) is 5.19. The number of amides is 1. The number of methoxy groups -OCH3 is 2. The first-order valence-corrected chi connectivity index (χ1v) is 5.19. The van der Waals surface area contributed by atoms with E-state index in [0.717, 1.165) is 0 Å². The predicted octanol–water partition coefficient (Wildman–Crippen LogP) is -0.155. The van der Waals surface area contributed by atoms with Gasteiger partial charge in [-0.3, -0.25) is 4.79 Å². The summed E-state index contributed by atoms with van der Waals surface area (Å²) in [6.45, 7) is 4.06. The molecule has 0 aliphatic heterocycles. The summed E-state index contributed by atoms with van der Waals surface area (Å²) in [5.74, 6) is -0.0356. The van der Waals surface area contributed by atoms with Gasteiger partial charge in [0.05, 0.1) is 19.3 Å². The lowest BCUT2D eigenvalue weighted by atomic mass is 10.2. The fourth-order valence-electron chi connectivity index (χ4n) is 1.14. The summed E-state index contributed by atoms with van der Waals surface area (Å²) in [6, 6.07) is -0.418. The Bertz CT molecular complexity index is 168.